The first-order chi connectivity index (χ1) is 11.2. The van der Waals surface area contributed by atoms with Gasteiger partial charge in [-0.2, -0.15) is 0 Å². The standard InChI is InChI=1S/C18H21NO4.ClH/c1-22-14-7-6-12-10-15(18(21)23-17(12)11-14)16(20)8-9-19-13-4-2-3-5-13;/h6-7,10-11,13,19H,2-5,8-9H2,1H3;1H. The normalized spacial score (nSPS) is 14.5. The summed E-state index contributed by atoms with van der Waals surface area (Å²) in [4.78, 5) is 24.3. The van der Waals surface area contributed by atoms with Crippen LogP contribution in [0.1, 0.15) is 42.5 Å². The Hall–Kier alpha value is -1.85. The predicted molar refractivity (Wildman–Crippen MR) is 95.5 cm³/mol. The summed E-state index contributed by atoms with van der Waals surface area (Å²) in [6.07, 6.45) is 5.16. The molecule has 1 N–H and O–H groups in total. The number of ether oxygens (including phenoxy) is 1. The number of halogens is 1. The number of nitrogens with one attached hydrogen (secondary N) is 1. The van der Waals surface area contributed by atoms with Gasteiger partial charge in [0.2, 0.25) is 0 Å². The van der Waals surface area contributed by atoms with Crippen molar-refractivity contribution >= 4 is 29.2 Å². The van der Waals surface area contributed by atoms with Gasteiger partial charge in [-0.05, 0) is 31.0 Å². The smallest absolute Gasteiger partial charge is 0.347 e. The Morgan fingerprint density at radius 1 is 1.29 bits per heavy atom. The fourth-order valence-corrected chi connectivity index (χ4v) is 3.07. The van der Waals surface area contributed by atoms with E-state index in [2.05, 4.69) is 5.32 Å². The molecule has 1 heterocycles. The highest BCUT2D eigenvalue weighted by Gasteiger charge is 2.17. The summed E-state index contributed by atoms with van der Waals surface area (Å²) in [6, 6.07) is 7.33. The average molecular weight is 352 g/mol. The first-order valence-electron chi connectivity index (χ1n) is 8.06. The lowest BCUT2D eigenvalue weighted by molar-refractivity contribution is 0.0978. The molecule has 0 saturated heterocycles. The number of hydrogen-bond acceptors (Lipinski definition) is 5. The van der Waals surface area contributed by atoms with Crippen LogP contribution in [0.3, 0.4) is 0 Å². The van der Waals surface area contributed by atoms with Gasteiger partial charge < -0.3 is 14.5 Å². The second-order valence-corrected chi connectivity index (χ2v) is 5.96. The van der Waals surface area contributed by atoms with Crippen molar-refractivity contribution in [3.8, 4) is 5.75 Å². The van der Waals surface area contributed by atoms with Crippen LogP contribution in [-0.4, -0.2) is 25.5 Å². The number of hydrogen-bond donors (Lipinski definition) is 1. The molecule has 5 nitrogen and oxygen atoms in total. The zero-order valence-electron chi connectivity index (χ0n) is 13.7. The van der Waals surface area contributed by atoms with Gasteiger partial charge in [0.05, 0.1) is 7.11 Å². The quantitative estimate of drug-likeness (QED) is 0.638. The van der Waals surface area contributed by atoms with Crippen molar-refractivity contribution in [1.82, 2.24) is 5.32 Å². The van der Waals surface area contributed by atoms with Crippen LogP contribution in [-0.2, 0) is 0 Å². The molecule has 1 aliphatic rings. The molecule has 1 aromatic heterocycles. The lowest BCUT2D eigenvalue weighted by Gasteiger charge is -2.10. The summed E-state index contributed by atoms with van der Waals surface area (Å²) < 4.78 is 10.4. The van der Waals surface area contributed by atoms with Crippen LogP contribution in [0.4, 0.5) is 0 Å². The maximum Gasteiger partial charge on any atom is 0.347 e. The molecule has 1 fully saturated rings. The molecule has 6 heteroatoms. The molecule has 130 valence electrons. The molecule has 24 heavy (non-hydrogen) atoms. The van der Waals surface area contributed by atoms with E-state index in [4.69, 9.17) is 9.15 Å². The summed E-state index contributed by atoms with van der Waals surface area (Å²) in [7, 11) is 1.55. The molecule has 1 aliphatic carbocycles. The number of methoxy groups -OCH3 is 1. The molecule has 0 spiro atoms. The summed E-state index contributed by atoms with van der Waals surface area (Å²) in [5.41, 5.74) is -0.0394. The van der Waals surface area contributed by atoms with Crippen LogP contribution in [0.15, 0.2) is 33.5 Å². The maximum atomic E-state index is 12.3. The monoisotopic (exact) mass is 351 g/mol. The van der Waals surface area contributed by atoms with Crippen molar-refractivity contribution < 1.29 is 13.9 Å². The van der Waals surface area contributed by atoms with E-state index in [0.29, 0.717) is 30.3 Å². The van der Waals surface area contributed by atoms with Crippen molar-refractivity contribution in [2.45, 2.75) is 38.1 Å². The van der Waals surface area contributed by atoms with Crippen LogP contribution in [0.25, 0.3) is 11.0 Å². The first-order valence-corrected chi connectivity index (χ1v) is 8.06. The van der Waals surface area contributed by atoms with Gasteiger partial charge in [0.1, 0.15) is 16.9 Å². The number of fused-ring (bicyclic) bond motifs is 1. The van der Waals surface area contributed by atoms with Crippen LogP contribution in [0.5, 0.6) is 5.75 Å². The number of carbonyl (C=O) groups is 1. The Bertz CT molecular complexity index is 765. The van der Waals surface area contributed by atoms with Crippen molar-refractivity contribution in [2.24, 2.45) is 0 Å². The third-order valence-electron chi connectivity index (χ3n) is 4.38. The van der Waals surface area contributed by atoms with Crippen molar-refractivity contribution in [2.75, 3.05) is 13.7 Å². The lowest BCUT2D eigenvalue weighted by Crippen LogP contribution is -2.29. The third kappa shape index (κ3) is 4.16. The molecule has 0 aliphatic heterocycles. The SMILES string of the molecule is COc1ccc2cc(C(=O)CCNC3CCCC3)c(=O)oc2c1.Cl. The highest BCUT2D eigenvalue weighted by molar-refractivity contribution is 5.98. The van der Waals surface area contributed by atoms with Gasteiger partial charge in [-0.1, -0.05) is 12.8 Å². The van der Waals surface area contributed by atoms with Crippen molar-refractivity contribution in [3.05, 3.63) is 40.2 Å². The minimum Gasteiger partial charge on any atom is -0.497 e. The third-order valence-corrected chi connectivity index (χ3v) is 4.38. The molecule has 0 radical (unpaired) electrons. The van der Waals surface area contributed by atoms with E-state index in [1.54, 1.807) is 31.4 Å². The molecule has 3 rings (SSSR count). The fraction of sp³-hybridized carbons (Fsp3) is 0.444. The minimum absolute atomic E-state index is 0. The van der Waals surface area contributed by atoms with Gasteiger partial charge in [-0.3, -0.25) is 4.79 Å². The topological polar surface area (TPSA) is 68.5 Å². The van der Waals surface area contributed by atoms with Crippen molar-refractivity contribution in [3.63, 3.8) is 0 Å². The van der Waals surface area contributed by atoms with E-state index in [9.17, 15) is 9.59 Å². The summed E-state index contributed by atoms with van der Waals surface area (Å²) in [5.74, 6) is 0.433. The number of carbonyl (C=O) groups excluding carboxylic acids is 1. The number of Topliss-reactive ketones (excluding diaryl/α,β-unsaturated/α-hetero) is 1. The van der Waals surface area contributed by atoms with Gasteiger partial charge in [0.25, 0.3) is 0 Å². The Balaban J connectivity index is 0.00000208. The van der Waals surface area contributed by atoms with E-state index < -0.39 is 5.63 Å². The number of benzene rings is 1. The van der Waals surface area contributed by atoms with Gasteiger partial charge in [-0.15, -0.1) is 12.4 Å². The molecule has 1 saturated carbocycles. The zero-order valence-corrected chi connectivity index (χ0v) is 14.5. The highest BCUT2D eigenvalue weighted by Crippen LogP contribution is 2.21. The second kappa shape index (κ2) is 8.31. The van der Waals surface area contributed by atoms with E-state index in [1.807, 2.05) is 0 Å². The second-order valence-electron chi connectivity index (χ2n) is 5.96. The van der Waals surface area contributed by atoms with Crippen LogP contribution < -0.4 is 15.7 Å². The molecular weight excluding hydrogens is 330 g/mol. The van der Waals surface area contributed by atoms with E-state index in [0.717, 1.165) is 5.39 Å². The van der Waals surface area contributed by atoms with Crippen LogP contribution >= 0.6 is 12.4 Å². The Labute approximate surface area is 146 Å². The zero-order chi connectivity index (χ0) is 16.2. The van der Waals surface area contributed by atoms with E-state index >= 15 is 0 Å². The minimum atomic E-state index is -0.586. The van der Waals surface area contributed by atoms with Crippen LogP contribution in [0, 0.1) is 0 Å². The molecule has 2 aromatic rings. The van der Waals surface area contributed by atoms with Gasteiger partial charge in [0, 0.05) is 30.5 Å². The van der Waals surface area contributed by atoms with E-state index in [-0.39, 0.29) is 23.8 Å². The van der Waals surface area contributed by atoms with Crippen molar-refractivity contribution in [1.29, 1.82) is 0 Å². The number of rotatable bonds is 6. The first kappa shape index (κ1) is 18.5. The molecule has 0 unspecified atom stereocenters. The summed E-state index contributed by atoms with van der Waals surface area (Å²) >= 11 is 0. The van der Waals surface area contributed by atoms with Gasteiger partial charge in [-0.25, -0.2) is 4.79 Å². The van der Waals surface area contributed by atoms with Gasteiger partial charge in [0.15, 0.2) is 5.78 Å². The molecule has 0 bridgehead atoms. The Kier molecular flexibility index (Phi) is 6.40. The van der Waals surface area contributed by atoms with E-state index in [1.165, 1.54) is 25.7 Å². The molecule has 0 amide bonds. The Morgan fingerprint density at radius 3 is 2.75 bits per heavy atom. The Morgan fingerprint density at radius 2 is 2.04 bits per heavy atom. The largest absolute Gasteiger partial charge is 0.497 e. The maximum absolute atomic E-state index is 12.3. The molecular formula is C18H22ClNO4. The lowest BCUT2D eigenvalue weighted by atomic mass is 10.1. The fourth-order valence-electron chi connectivity index (χ4n) is 3.07. The average Bonchev–Trinajstić information content (AvgIpc) is 3.06. The summed E-state index contributed by atoms with van der Waals surface area (Å²) in [5, 5.41) is 4.10. The summed E-state index contributed by atoms with van der Waals surface area (Å²) in [6.45, 7) is 0.601. The molecule has 1 aromatic carbocycles. The molecule has 0 atom stereocenters. The highest BCUT2D eigenvalue weighted by atomic mass is 35.5. The van der Waals surface area contributed by atoms with Gasteiger partial charge >= 0.3 is 5.63 Å². The predicted octanol–water partition coefficient (Wildman–Crippen LogP) is 3.33. The van der Waals surface area contributed by atoms with Crippen LogP contribution in [0.2, 0.25) is 0 Å². The number of ketones is 1.